The molecule has 4 aromatic carbocycles. The lowest BCUT2D eigenvalue weighted by molar-refractivity contribution is 0.102. The molecule has 0 radical (unpaired) electrons. The van der Waals surface area contributed by atoms with Gasteiger partial charge in [-0.1, -0.05) is 109 Å². The summed E-state index contributed by atoms with van der Waals surface area (Å²) in [6.07, 6.45) is 0. The fourth-order valence-corrected chi connectivity index (χ4v) is 5.23. The van der Waals surface area contributed by atoms with Gasteiger partial charge in [0.1, 0.15) is 5.69 Å². The van der Waals surface area contributed by atoms with Crippen molar-refractivity contribution in [1.82, 2.24) is 9.78 Å². The van der Waals surface area contributed by atoms with E-state index in [4.69, 9.17) is 15.0 Å². The zero-order valence-corrected chi connectivity index (χ0v) is 21.9. The van der Waals surface area contributed by atoms with Crippen molar-refractivity contribution < 1.29 is 13.2 Å². The molecule has 6 nitrogen and oxygen atoms in total. The number of nitrogens with zero attached hydrogens (tertiary/aromatic N) is 2. The molecule has 7 heteroatoms. The van der Waals surface area contributed by atoms with E-state index in [-0.39, 0.29) is 11.5 Å². The van der Waals surface area contributed by atoms with Crippen LogP contribution in [0.15, 0.2) is 114 Å². The number of primary sulfonamides is 1. The zero-order chi connectivity index (χ0) is 26.5. The maximum absolute atomic E-state index is 12.5. The van der Waals surface area contributed by atoms with E-state index in [9.17, 15) is 8.42 Å². The van der Waals surface area contributed by atoms with Gasteiger partial charge in [0, 0.05) is 11.1 Å². The third-order valence-corrected chi connectivity index (χ3v) is 7.34. The molecule has 0 bridgehead atoms. The normalized spacial score (nSPS) is 11.5. The Balaban J connectivity index is 1.68. The average Bonchev–Trinajstić information content (AvgIpc) is 3.27. The molecule has 0 aliphatic carbocycles. The first-order valence-corrected chi connectivity index (χ1v) is 13.9. The molecule has 0 atom stereocenters. The third-order valence-electron chi connectivity index (χ3n) is 6.37. The molecule has 0 spiro atoms. The van der Waals surface area contributed by atoms with Gasteiger partial charge < -0.3 is 4.74 Å². The molecule has 0 unspecified atom stereocenters. The second kappa shape index (κ2) is 11.1. The summed E-state index contributed by atoms with van der Waals surface area (Å²) in [4.78, 5) is 0.0366. The summed E-state index contributed by atoms with van der Waals surface area (Å²) in [5.41, 5.74) is 6.87. The summed E-state index contributed by atoms with van der Waals surface area (Å²) in [6.45, 7) is 3.26. The number of sulfonamides is 1. The van der Waals surface area contributed by atoms with Gasteiger partial charge in [0.25, 0.3) is 0 Å². The van der Waals surface area contributed by atoms with Gasteiger partial charge in [-0.05, 0) is 29.7 Å². The smallest absolute Gasteiger partial charge is 0.238 e. The predicted octanol–water partition coefficient (Wildman–Crippen LogP) is 5.94. The minimum Gasteiger partial charge on any atom is -0.370 e. The van der Waals surface area contributed by atoms with Gasteiger partial charge in [0.15, 0.2) is 0 Å². The molecule has 0 aliphatic rings. The fraction of sp³-hybridized carbons (Fsp3) is 0.129. The summed E-state index contributed by atoms with van der Waals surface area (Å²) >= 11 is 0. The molecular weight excluding hydrogens is 494 g/mol. The van der Waals surface area contributed by atoms with Gasteiger partial charge in [-0.15, -0.1) is 0 Å². The van der Waals surface area contributed by atoms with E-state index in [0.717, 1.165) is 33.5 Å². The molecule has 0 saturated heterocycles. The molecule has 5 rings (SSSR count). The van der Waals surface area contributed by atoms with Crippen LogP contribution >= 0.6 is 0 Å². The average molecular weight is 524 g/mol. The van der Waals surface area contributed by atoms with Crippen LogP contribution in [0.5, 0.6) is 0 Å². The Morgan fingerprint density at radius 1 is 0.763 bits per heavy atom. The molecule has 0 saturated carbocycles. The molecule has 5 aromatic rings. The zero-order valence-electron chi connectivity index (χ0n) is 21.1. The summed E-state index contributed by atoms with van der Waals surface area (Å²) in [5.74, 6) is 0. The number of hydrogen-bond acceptors (Lipinski definition) is 4. The van der Waals surface area contributed by atoms with Crippen molar-refractivity contribution >= 4 is 10.0 Å². The van der Waals surface area contributed by atoms with Crippen molar-refractivity contribution in [2.75, 3.05) is 0 Å². The van der Waals surface area contributed by atoms with E-state index in [2.05, 4.69) is 0 Å². The van der Waals surface area contributed by atoms with Crippen LogP contribution in [-0.4, -0.2) is 18.2 Å². The largest absolute Gasteiger partial charge is 0.370 e. The minimum atomic E-state index is -3.98. The highest BCUT2D eigenvalue weighted by molar-refractivity contribution is 7.89. The molecule has 0 aliphatic heterocycles. The van der Waals surface area contributed by atoms with Crippen molar-refractivity contribution in [3.63, 3.8) is 0 Å². The Morgan fingerprint density at radius 2 is 1.37 bits per heavy atom. The van der Waals surface area contributed by atoms with Crippen LogP contribution in [0.4, 0.5) is 0 Å². The van der Waals surface area contributed by atoms with Crippen LogP contribution < -0.4 is 5.14 Å². The lowest BCUT2D eigenvalue weighted by atomic mass is 9.98. The van der Waals surface area contributed by atoms with Crippen molar-refractivity contribution in [2.24, 2.45) is 5.14 Å². The maximum Gasteiger partial charge on any atom is 0.238 e. The van der Waals surface area contributed by atoms with Gasteiger partial charge in [0.05, 0.1) is 30.3 Å². The molecule has 0 amide bonds. The van der Waals surface area contributed by atoms with E-state index < -0.39 is 10.0 Å². The Bertz CT molecular complexity index is 1630. The highest BCUT2D eigenvalue weighted by atomic mass is 32.2. The Kier molecular flexibility index (Phi) is 7.51. The first-order chi connectivity index (χ1) is 18.4. The number of rotatable bonds is 9. The Labute approximate surface area is 223 Å². The Morgan fingerprint density at radius 3 is 2.03 bits per heavy atom. The topological polar surface area (TPSA) is 87.2 Å². The lowest BCUT2D eigenvalue weighted by Gasteiger charge is -2.12. The second-order valence-corrected chi connectivity index (χ2v) is 10.7. The first-order valence-electron chi connectivity index (χ1n) is 12.3. The van der Waals surface area contributed by atoms with Crippen LogP contribution in [0.2, 0.25) is 0 Å². The van der Waals surface area contributed by atoms with E-state index >= 15 is 0 Å². The number of nitrogens with two attached hydrogens (primary N) is 1. The molecule has 0 fully saturated rings. The molecular formula is C31H29N3O3S. The minimum absolute atomic E-state index is 0.0366. The van der Waals surface area contributed by atoms with Gasteiger partial charge in [-0.2, -0.15) is 5.10 Å². The molecule has 1 aromatic heterocycles. The standard InChI is InChI=1S/C31H29N3O3S/c1-23-16-18-26(19-17-23)30-28(22-37-21-25-12-6-3-7-13-25)34(20-24-10-4-2-5-11-24)33-31(30)27-14-8-9-15-29(27)38(32,35)36/h2-19H,20-22H2,1H3,(H2,32,35,36). The fourth-order valence-electron chi connectivity index (χ4n) is 4.49. The monoisotopic (exact) mass is 523 g/mol. The summed E-state index contributed by atoms with van der Waals surface area (Å²) in [6, 6.07) is 34.9. The SMILES string of the molecule is Cc1ccc(-c2c(-c3ccccc3S(N)(=O)=O)nn(Cc3ccccc3)c2COCc2ccccc2)cc1. The third kappa shape index (κ3) is 5.75. The Hall–Kier alpha value is -4.04. The highest BCUT2D eigenvalue weighted by Crippen LogP contribution is 2.38. The molecule has 192 valence electrons. The van der Waals surface area contributed by atoms with E-state index in [1.54, 1.807) is 18.2 Å². The van der Waals surface area contributed by atoms with Crippen molar-refractivity contribution in [1.29, 1.82) is 0 Å². The second-order valence-electron chi connectivity index (χ2n) is 9.20. The van der Waals surface area contributed by atoms with Gasteiger partial charge in [0.2, 0.25) is 10.0 Å². The van der Waals surface area contributed by atoms with Crippen LogP contribution in [0, 0.1) is 6.92 Å². The number of benzene rings is 4. The quantitative estimate of drug-likeness (QED) is 0.259. The highest BCUT2D eigenvalue weighted by Gasteiger charge is 2.25. The van der Waals surface area contributed by atoms with E-state index in [1.807, 2.05) is 96.5 Å². The summed E-state index contributed by atoms with van der Waals surface area (Å²) in [7, 11) is -3.98. The van der Waals surface area contributed by atoms with Crippen LogP contribution in [0.3, 0.4) is 0 Å². The van der Waals surface area contributed by atoms with Crippen molar-refractivity contribution in [3.05, 3.63) is 132 Å². The summed E-state index contributed by atoms with van der Waals surface area (Å²) in [5, 5.41) is 10.6. The lowest BCUT2D eigenvalue weighted by Crippen LogP contribution is -2.13. The molecule has 1 heterocycles. The van der Waals surface area contributed by atoms with E-state index in [1.165, 1.54) is 6.07 Å². The number of ether oxygens (including phenoxy) is 1. The molecule has 38 heavy (non-hydrogen) atoms. The predicted molar refractivity (Wildman–Crippen MR) is 150 cm³/mol. The van der Waals surface area contributed by atoms with Gasteiger partial charge >= 0.3 is 0 Å². The number of aromatic nitrogens is 2. The summed E-state index contributed by atoms with van der Waals surface area (Å²) < 4.78 is 33.2. The van der Waals surface area contributed by atoms with Crippen LogP contribution in [0.1, 0.15) is 22.4 Å². The van der Waals surface area contributed by atoms with Gasteiger partial charge in [-0.3, -0.25) is 4.68 Å². The van der Waals surface area contributed by atoms with Crippen LogP contribution in [0.25, 0.3) is 22.4 Å². The van der Waals surface area contributed by atoms with Crippen molar-refractivity contribution in [3.8, 4) is 22.4 Å². The van der Waals surface area contributed by atoms with Crippen molar-refractivity contribution in [2.45, 2.75) is 31.6 Å². The van der Waals surface area contributed by atoms with Crippen LogP contribution in [-0.2, 0) is 34.5 Å². The number of hydrogen-bond donors (Lipinski definition) is 1. The first kappa shape index (κ1) is 25.6. The van der Waals surface area contributed by atoms with E-state index in [0.29, 0.717) is 24.4 Å². The maximum atomic E-state index is 12.5. The number of aryl methyl sites for hydroxylation is 1. The van der Waals surface area contributed by atoms with Gasteiger partial charge in [-0.25, -0.2) is 13.6 Å². The molecule has 2 N–H and O–H groups in total.